The molecule has 1 aliphatic heterocycles. The minimum absolute atomic E-state index is 0.0269. The number of nitrogens with one attached hydrogen (secondary N) is 2. The third kappa shape index (κ3) is 7.11. The first-order valence-corrected chi connectivity index (χ1v) is 13.4. The highest BCUT2D eigenvalue weighted by atomic mass is 79.9. The van der Waals surface area contributed by atoms with Crippen molar-refractivity contribution in [2.24, 2.45) is 0 Å². The van der Waals surface area contributed by atoms with Gasteiger partial charge in [-0.25, -0.2) is 9.69 Å². The molecule has 0 radical (unpaired) electrons. The summed E-state index contributed by atoms with van der Waals surface area (Å²) in [4.78, 5) is 38.7. The first-order valence-electron chi connectivity index (χ1n) is 11.9. The van der Waals surface area contributed by atoms with Crippen LogP contribution in [0.25, 0.3) is 6.08 Å². The summed E-state index contributed by atoms with van der Waals surface area (Å²) in [5.41, 5.74) is 2.95. The molecular weight excluding hydrogens is 609 g/mol. The molecule has 3 aromatic carbocycles. The number of ether oxygens (including phenoxy) is 2. The van der Waals surface area contributed by atoms with Gasteiger partial charge >= 0.3 is 6.03 Å². The van der Waals surface area contributed by atoms with Gasteiger partial charge in [-0.3, -0.25) is 9.59 Å². The highest BCUT2D eigenvalue weighted by molar-refractivity contribution is 9.10. The molecule has 1 saturated heterocycles. The summed E-state index contributed by atoms with van der Waals surface area (Å²) in [6.07, 6.45) is 1.51. The van der Waals surface area contributed by atoms with Gasteiger partial charge in [-0.2, -0.15) is 0 Å². The van der Waals surface area contributed by atoms with Crippen LogP contribution < -0.4 is 20.1 Å². The maximum absolute atomic E-state index is 12.9. The van der Waals surface area contributed by atoms with Gasteiger partial charge in [0.05, 0.1) is 11.1 Å². The number of anilines is 1. The zero-order chi connectivity index (χ0) is 28.1. The fourth-order valence-corrected chi connectivity index (χ4v) is 4.76. The van der Waals surface area contributed by atoms with E-state index >= 15 is 0 Å². The molecule has 0 aliphatic carbocycles. The van der Waals surface area contributed by atoms with Gasteiger partial charge in [0.25, 0.3) is 5.91 Å². The summed E-state index contributed by atoms with van der Waals surface area (Å²) in [5, 5.41) is 6.21. The normalized spacial score (nSPS) is 14.0. The molecule has 0 spiro atoms. The van der Waals surface area contributed by atoms with Gasteiger partial charge in [0.1, 0.15) is 18.8 Å². The lowest BCUT2D eigenvalue weighted by atomic mass is 10.1. The number of benzene rings is 3. The van der Waals surface area contributed by atoms with E-state index in [9.17, 15) is 14.4 Å². The third-order valence-electron chi connectivity index (χ3n) is 5.63. The molecule has 4 amide bonds. The van der Waals surface area contributed by atoms with E-state index < -0.39 is 24.4 Å². The molecule has 1 fully saturated rings. The number of nitrogens with zero attached hydrogens (tertiary/aromatic N) is 1. The summed E-state index contributed by atoms with van der Waals surface area (Å²) in [5.74, 6) is -0.241. The third-order valence-corrected chi connectivity index (χ3v) is 6.81. The minimum atomic E-state index is -0.686. The molecule has 0 bridgehead atoms. The molecule has 0 atom stereocenters. The van der Waals surface area contributed by atoms with Crippen LogP contribution in [-0.2, 0) is 16.2 Å². The maximum atomic E-state index is 12.9. The monoisotopic (exact) mass is 631 g/mol. The van der Waals surface area contributed by atoms with Gasteiger partial charge in [-0.05, 0) is 77.8 Å². The van der Waals surface area contributed by atoms with Crippen LogP contribution in [0.1, 0.15) is 23.6 Å². The largest absolute Gasteiger partial charge is 0.490 e. The topological polar surface area (TPSA) is 97.0 Å². The second kappa shape index (κ2) is 12.5. The molecular formula is C28H24BrCl2N3O5. The number of hydrogen-bond donors (Lipinski definition) is 2. The number of carbonyl (C=O) groups excluding carboxylic acids is 3. The quantitative estimate of drug-likeness (QED) is 0.205. The van der Waals surface area contributed by atoms with E-state index in [1.807, 2.05) is 26.0 Å². The lowest BCUT2D eigenvalue weighted by Gasteiger charge is -2.15. The number of halogens is 3. The van der Waals surface area contributed by atoms with E-state index in [0.717, 1.165) is 16.0 Å². The first-order chi connectivity index (χ1) is 18.6. The van der Waals surface area contributed by atoms with E-state index in [-0.39, 0.29) is 12.3 Å². The van der Waals surface area contributed by atoms with Gasteiger partial charge < -0.3 is 20.1 Å². The lowest BCUT2D eigenvalue weighted by molar-refractivity contribution is -0.127. The highest BCUT2D eigenvalue weighted by Crippen LogP contribution is 2.38. The molecule has 202 valence electrons. The molecule has 4 rings (SSSR count). The second-order valence-corrected chi connectivity index (χ2v) is 10.3. The van der Waals surface area contributed by atoms with Crippen molar-refractivity contribution in [2.75, 3.05) is 18.5 Å². The Bertz CT molecular complexity index is 1460. The Hall–Kier alpha value is -3.53. The molecule has 1 heterocycles. The number of urea groups is 1. The van der Waals surface area contributed by atoms with Gasteiger partial charge in [-0.15, -0.1) is 0 Å². The average Bonchev–Trinajstić information content (AvgIpc) is 3.13. The smallest absolute Gasteiger partial charge is 0.329 e. The number of amides is 4. The Balaban J connectivity index is 1.49. The fourth-order valence-electron chi connectivity index (χ4n) is 3.73. The number of rotatable bonds is 9. The Labute approximate surface area is 244 Å². The molecule has 3 aromatic rings. The fraction of sp³-hybridized carbons (Fsp3) is 0.179. The van der Waals surface area contributed by atoms with Gasteiger partial charge in [0.2, 0.25) is 5.91 Å². The Morgan fingerprint density at radius 3 is 2.51 bits per heavy atom. The minimum Gasteiger partial charge on any atom is -0.490 e. The molecule has 0 unspecified atom stereocenters. The maximum Gasteiger partial charge on any atom is 0.329 e. The van der Waals surface area contributed by atoms with E-state index in [1.165, 1.54) is 6.08 Å². The first kappa shape index (κ1) is 28.5. The number of aryl methyl sites for hydroxylation is 1. The zero-order valence-corrected chi connectivity index (χ0v) is 24.1. The average molecular weight is 633 g/mol. The summed E-state index contributed by atoms with van der Waals surface area (Å²) < 4.78 is 12.3. The van der Waals surface area contributed by atoms with Crippen molar-refractivity contribution in [2.45, 2.75) is 20.5 Å². The van der Waals surface area contributed by atoms with Crippen LogP contribution in [-0.4, -0.2) is 35.9 Å². The Morgan fingerprint density at radius 1 is 1.08 bits per heavy atom. The standard InChI is InChI=1S/C28H24BrCl2N3O5/c1-3-38-24-12-17(10-21(29)26(24)39-15-18-6-7-19(30)13-22(18)31)11-23-27(36)34(28(37)33-23)14-25(35)32-20-8-4-16(2)5-9-20/h4-13H,3,14-15H2,1-2H3,(H,32,35)(H,33,37)/b23-11-. The van der Waals surface area contributed by atoms with E-state index in [4.69, 9.17) is 32.7 Å². The van der Waals surface area contributed by atoms with Crippen LogP contribution in [0.3, 0.4) is 0 Å². The zero-order valence-electron chi connectivity index (χ0n) is 21.0. The second-order valence-electron chi connectivity index (χ2n) is 8.58. The van der Waals surface area contributed by atoms with E-state index in [2.05, 4.69) is 26.6 Å². The summed E-state index contributed by atoms with van der Waals surface area (Å²) in [7, 11) is 0. The summed E-state index contributed by atoms with van der Waals surface area (Å²) in [6.45, 7) is 3.87. The molecule has 8 nitrogen and oxygen atoms in total. The van der Waals surface area contributed by atoms with Crippen molar-refractivity contribution in [3.63, 3.8) is 0 Å². The van der Waals surface area contributed by atoms with Crippen LogP contribution in [0.15, 0.2) is 64.8 Å². The molecule has 0 aromatic heterocycles. The van der Waals surface area contributed by atoms with Crippen molar-refractivity contribution >= 4 is 68.7 Å². The predicted octanol–water partition coefficient (Wildman–Crippen LogP) is 6.57. The van der Waals surface area contributed by atoms with Crippen LogP contribution in [0.4, 0.5) is 10.5 Å². The molecule has 1 aliphatic rings. The van der Waals surface area contributed by atoms with E-state index in [0.29, 0.717) is 43.9 Å². The van der Waals surface area contributed by atoms with Crippen LogP contribution in [0.2, 0.25) is 10.0 Å². The van der Waals surface area contributed by atoms with E-state index in [1.54, 1.807) is 42.5 Å². The van der Waals surface area contributed by atoms with Crippen molar-refractivity contribution < 1.29 is 23.9 Å². The van der Waals surface area contributed by atoms with Crippen LogP contribution in [0.5, 0.6) is 11.5 Å². The van der Waals surface area contributed by atoms with Gasteiger partial charge in [-0.1, -0.05) is 47.0 Å². The van der Waals surface area contributed by atoms with Gasteiger partial charge in [0.15, 0.2) is 11.5 Å². The van der Waals surface area contributed by atoms with Crippen molar-refractivity contribution in [1.29, 1.82) is 0 Å². The van der Waals surface area contributed by atoms with Crippen LogP contribution >= 0.6 is 39.1 Å². The van der Waals surface area contributed by atoms with Crippen molar-refractivity contribution in [3.05, 3.63) is 91.5 Å². The summed E-state index contributed by atoms with van der Waals surface area (Å²) >= 11 is 15.7. The Morgan fingerprint density at radius 2 is 1.82 bits per heavy atom. The highest BCUT2D eigenvalue weighted by Gasteiger charge is 2.35. The molecule has 11 heteroatoms. The van der Waals surface area contributed by atoms with Crippen LogP contribution in [0, 0.1) is 6.92 Å². The van der Waals surface area contributed by atoms with Crippen molar-refractivity contribution in [3.8, 4) is 11.5 Å². The SMILES string of the molecule is CCOc1cc(/C=C2\NC(=O)N(CC(=O)Nc3ccc(C)cc3)C2=O)cc(Br)c1OCc1ccc(Cl)cc1Cl. The lowest BCUT2D eigenvalue weighted by Crippen LogP contribution is -2.38. The molecule has 0 saturated carbocycles. The molecule has 39 heavy (non-hydrogen) atoms. The predicted molar refractivity (Wildman–Crippen MR) is 154 cm³/mol. The number of imide groups is 1. The number of hydrogen-bond acceptors (Lipinski definition) is 5. The Kier molecular flexibility index (Phi) is 9.16. The van der Waals surface area contributed by atoms with Gasteiger partial charge in [0, 0.05) is 21.3 Å². The summed E-state index contributed by atoms with van der Waals surface area (Å²) in [6, 6.07) is 15.1. The number of carbonyl (C=O) groups is 3. The van der Waals surface area contributed by atoms with Crippen molar-refractivity contribution in [1.82, 2.24) is 10.2 Å². The molecule has 2 N–H and O–H groups in total.